The molecule has 2 aromatic rings. The normalized spacial score (nSPS) is 10.5. The first kappa shape index (κ1) is 15.6. The molecular weight excluding hydrogens is 278 g/mol. The second-order valence-corrected chi connectivity index (χ2v) is 4.78. The molecule has 4 nitrogen and oxygen atoms in total. The van der Waals surface area contributed by atoms with Crippen molar-refractivity contribution < 1.29 is 14.3 Å². The van der Waals surface area contributed by atoms with Gasteiger partial charge in [-0.15, -0.1) is 0 Å². The van der Waals surface area contributed by atoms with E-state index >= 15 is 0 Å². The molecule has 0 atom stereocenters. The fourth-order valence-electron chi connectivity index (χ4n) is 2.00. The molecule has 0 radical (unpaired) electrons. The van der Waals surface area contributed by atoms with E-state index in [1.807, 2.05) is 54.6 Å². The monoisotopic (exact) mass is 297 g/mol. The van der Waals surface area contributed by atoms with Crippen LogP contribution in [-0.2, 0) is 4.79 Å². The number of hydrogen-bond acceptors (Lipinski definition) is 3. The van der Waals surface area contributed by atoms with Crippen LogP contribution >= 0.6 is 0 Å². The van der Waals surface area contributed by atoms with Crippen molar-refractivity contribution in [3.8, 4) is 11.5 Å². The molecular formula is C18H19NO3. The van der Waals surface area contributed by atoms with E-state index in [1.54, 1.807) is 14.2 Å². The van der Waals surface area contributed by atoms with Gasteiger partial charge in [0.2, 0.25) is 5.91 Å². The minimum absolute atomic E-state index is 0.0771. The summed E-state index contributed by atoms with van der Waals surface area (Å²) in [5, 5.41) is 2.74. The lowest BCUT2D eigenvalue weighted by Crippen LogP contribution is -2.05. The molecule has 1 amide bonds. The van der Waals surface area contributed by atoms with Crippen LogP contribution in [0.3, 0.4) is 0 Å². The SMILES string of the molecule is COc1cc(/C=C/c2ccc(NC(C)=O)cc2)cc(OC)c1. The Morgan fingerprint density at radius 1 is 0.909 bits per heavy atom. The van der Waals surface area contributed by atoms with Gasteiger partial charge in [0.1, 0.15) is 11.5 Å². The lowest BCUT2D eigenvalue weighted by Gasteiger charge is -2.06. The van der Waals surface area contributed by atoms with Crippen molar-refractivity contribution in [2.45, 2.75) is 6.92 Å². The number of ether oxygens (including phenoxy) is 2. The average Bonchev–Trinajstić information content (AvgIpc) is 2.53. The van der Waals surface area contributed by atoms with Gasteiger partial charge in [0.25, 0.3) is 0 Å². The van der Waals surface area contributed by atoms with E-state index < -0.39 is 0 Å². The third-order valence-electron chi connectivity index (χ3n) is 3.07. The molecule has 0 saturated carbocycles. The molecule has 0 aliphatic carbocycles. The summed E-state index contributed by atoms with van der Waals surface area (Å²) in [5.74, 6) is 1.42. The first-order chi connectivity index (χ1) is 10.6. The highest BCUT2D eigenvalue weighted by molar-refractivity contribution is 5.88. The number of carbonyl (C=O) groups is 1. The van der Waals surface area contributed by atoms with Gasteiger partial charge in [-0.1, -0.05) is 24.3 Å². The van der Waals surface area contributed by atoms with E-state index in [0.29, 0.717) is 0 Å². The van der Waals surface area contributed by atoms with Crippen molar-refractivity contribution in [2.24, 2.45) is 0 Å². The second-order valence-electron chi connectivity index (χ2n) is 4.78. The Hall–Kier alpha value is -2.75. The van der Waals surface area contributed by atoms with Crippen LogP contribution in [-0.4, -0.2) is 20.1 Å². The minimum Gasteiger partial charge on any atom is -0.497 e. The number of methoxy groups -OCH3 is 2. The predicted molar refractivity (Wildman–Crippen MR) is 89.2 cm³/mol. The van der Waals surface area contributed by atoms with Crippen LogP contribution in [0.2, 0.25) is 0 Å². The maximum atomic E-state index is 11.0. The molecule has 0 spiro atoms. The first-order valence-corrected chi connectivity index (χ1v) is 6.89. The summed E-state index contributed by atoms with van der Waals surface area (Å²) in [6.07, 6.45) is 3.98. The molecule has 114 valence electrons. The number of nitrogens with one attached hydrogen (secondary N) is 1. The van der Waals surface area contributed by atoms with Crippen molar-refractivity contribution in [1.29, 1.82) is 0 Å². The highest BCUT2D eigenvalue weighted by Gasteiger charge is 1.99. The zero-order chi connectivity index (χ0) is 15.9. The molecule has 2 aromatic carbocycles. The van der Waals surface area contributed by atoms with Crippen LogP contribution in [0.4, 0.5) is 5.69 Å². The summed E-state index contributed by atoms with van der Waals surface area (Å²) in [5.41, 5.74) is 2.81. The fraction of sp³-hybridized carbons (Fsp3) is 0.167. The first-order valence-electron chi connectivity index (χ1n) is 6.89. The van der Waals surface area contributed by atoms with Gasteiger partial charge >= 0.3 is 0 Å². The molecule has 0 unspecified atom stereocenters. The van der Waals surface area contributed by atoms with E-state index in [-0.39, 0.29) is 5.91 Å². The van der Waals surface area contributed by atoms with Gasteiger partial charge < -0.3 is 14.8 Å². The third-order valence-corrected chi connectivity index (χ3v) is 3.07. The Labute approximate surface area is 130 Å². The van der Waals surface area contributed by atoms with Gasteiger partial charge in [-0.3, -0.25) is 4.79 Å². The number of carbonyl (C=O) groups excluding carboxylic acids is 1. The summed E-state index contributed by atoms with van der Waals surface area (Å²) in [6.45, 7) is 1.49. The summed E-state index contributed by atoms with van der Waals surface area (Å²) >= 11 is 0. The van der Waals surface area contributed by atoms with Crippen molar-refractivity contribution >= 4 is 23.7 Å². The Bertz CT molecular complexity index is 653. The van der Waals surface area contributed by atoms with E-state index in [9.17, 15) is 4.79 Å². The van der Waals surface area contributed by atoms with E-state index in [2.05, 4.69) is 5.32 Å². The summed E-state index contributed by atoms with van der Waals surface area (Å²) < 4.78 is 10.5. The molecule has 4 heteroatoms. The molecule has 0 fully saturated rings. The quantitative estimate of drug-likeness (QED) is 0.853. The second kappa shape index (κ2) is 7.31. The third kappa shape index (κ3) is 4.38. The fourth-order valence-corrected chi connectivity index (χ4v) is 2.00. The zero-order valence-corrected chi connectivity index (χ0v) is 12.9. The van der Waals surface area contributed by atoms with Crippen LogP contribution < -0.4 is 14.8 Å². The van der Waals surface area contributed by atoms with E-state index in [1.165, 1.54) is 6.92 Å². The van der Waals surface area contributed by atoms with Crippen LogP contribution in [0.5, 0.6) is 11.5 Å². The largest absolute Gasteiger partial charge is 0.497 e. The van der Waals surface area contributed by atoms with Gasteiger partial charge in [0.15, 0.2) is 0 Å². The number of benzene rings is 2. The highest BCUT2D eigenvalue weighted by Crippen LogP contribution is 2.24. The van der Waals surface area contributed by atoms with E-state index in [0.717, 1.165) is 28.3 Å². The molecule has 0 aromatic heterocycles. The van der Waals surface area contributed by atoms with Crippen LogP contribution in [0.15, 0.2) is 42.5 Å². The molecule has 0 aliphatic rings. The molecule has 0 saturated heterocycles. The molecule has 1 N–H and O–H groups in total. The number of rotatable bonds is 5. The van der Waals surface area contributed by atoms with Gasteiger partial charge in [-0.2, -0.15) is 0 Å². The molecule has 22 heavy (non-hydrogen) atoms. The van der Waals surface area contributed by atoms with Crippen LogP contribution in [0.25, 0.3) is 12.2 Å². The standard InChI is InChI=1S/C18H19NO3/c1-13(20)19-16-8-6-14(7-9-16)4-5-15-10-17(21-2)12-18(11-15)22-3/h4-12H,1-3H3,(H,19,20)/b5-4+. The Morgan fingerprint density at radius 3 is 1.95 bits per heavy atom. The average molecular weight is 297 g/mol. The van der Waals surface area contributed by atoms with E-state index in [4.69, 9.17) is 9.47 Å². The minimum atomic E-state index is -0.0771. The Morgan fingerprint density at radius 2 is 1.45 bits per heavy atom. The smallest absolute Gasteiger partial charge is 0.221 e. The summed E-state index contributed by atoms with van der Waals surface area (Å²) in [7, 11) is 3.26. The highest BCUT2D eigenvalue weighted by atomic mass is 16.5. The van der Waals surface area contributed by atoms with Crippen LogP contribution in [0, 0.1) is 0 Å². The van der Waals surface area contributed by atoms with Crippen molar-refractivity contribution in [3.05, 3.63) is 53.6 Å². The number of amides is 1. The molecule has 0 bridgehead atoms. The van der Waals surface area contributed by atoms with Gasteiger partial charge in [-0.05, 0) is 35.4 Å². The lowest BCUT2D eigenvalue weighted by atomic mass is 10.1. The summed E-state index contributed by atoms with van der Waals surface area (Å²) in [4.78, 5) is 11.0. The summed E-state index contributed by atoms with van der Waals surface area (Å²) in [6, 6.07) is 13.3. The maximum absolute atomic E-state index is 11.0. The lowest BCUT2D eigenvalue weighted by molar-refractivity contribution is -0.114. The van der Waals surface area contributed by atoms with Gasteiger partial charge in [-0.25, -0.2) is 0 Å². The van der Waals surface area contributed by atoms with Crippen molar-refractivity contribution in [2.75, 3.05) is 19.5 Å². The van der Waals surface area contributed by atoms with Gasteiger partial charge in [0.05, 0.1) is 14.2 Å². The Kier molecular flexibility index (Phi) is 5.20. The van der Waals surface area contributed by atoms with Crippen LogP contribution in [0.1, 0.15) is 18.1 Å². The molecule has 2 rings (SSSR count). The predicted octanol–water partition coefficient (Wildman–Crippen LogP) is 3.83. The topological polar surface area (TPSA) is 47.6 Å². The number of anilines is 1. The molecule has 0 heterocycles. The van der Waals surface area contributed by atoms with Gasteiger partial charge in [0, 0.05) is 18.7 Å². The Balaban J connectivity index is 2.15. The zero-order valence-electron chi connectivity index (χ0n) is 12.9. The van der Waals surface area contributed by atoms with Crippen molar-refractivity contribution in [3.63, 3.8) is 0 Å². The van der Waals surface area contributed by atoms with Crippen molar-refractivity contribution in [1.82, 2.24) is 0 Å². The maximum Gasteiger partial charge on any atom is 0.221 e. The molecule has 0 aliphatic heterocycles. The number of hydrogen-bond donors (Lipinski definition) is 1.